The highest BCUT2D eigenvalue weighted by atomic mass is 19.4. The summed E-state index contributed by atoms with van der Waals surface area (Å²) < 4.78 is 37.0. The van der Waals surface area contributed by atoms with Gasteiger partial charge in [-0.1, -0.05) is 18.2 Å². The van der Waals surface area contributed by atoms with Gasteiger partial charge in [-0.25, -0.2) is 5.43 Å². The monoisotopic (exact) mass is 408 g/mol. The molecular formula is C18H15F3N4O4. The fourth-order valence-electron chi connectivity index (χ4n) is 2.24. The van der Waals surface area contributed by atoms with E-state index in [0.29, 0.717) is 11.1 Å². The van der Waals surface area contributed by atoms with Crippen LogP contribution in [0.2, 0.25) is 0 Å². The van der Waals surface area contributed by atoms with Gasteiger partial charge < -0.3 is 5.32 Å². The summed E-state index contributed by atoms with van der Waals surface area (Å²) in [6, 6.07) is 9.39. The first kappa shape index (κ1) is 21.5. The number of nitrogens with one attached hydrogen (secondary N) is 2. The van der Waals surface area contributed by atoms with Crippen LogP contribution in [0.15, 0.2) is 47.6 Å². The fourth-order valence-corrected chi connectivity index (χ4v) is 2.24. The van der Waals surface area contributed by atoms with E-state index in [4.69, 9.17) is 0 Å². The Labute approximate surface area is 162 Å². The zero-order valence-electron chi connectivity index (χ0n) is 15.2. The van der Waals surface area contributed by atoms with Crippen LogP contribution in [-0.2, 0) is 4.79 Å². The number of rotatable bonds is 5. The maximum atomic E-state index is 12.3. The van der Waals surface area contributed by atoms with Gasteiger partial charge in [0.2, 0.25) is 0 Å². The largest absolute Gasteiger partial charge is 0.471 e. The van der Waals surface area contributed by atoms with Crippen molar-refractivity contribution in [2.24, 2.45) is 5.10 Å². The molecule has 0 spiro atoms. The molecule has 0 atom stereocenters. The van der Waals surface area contributed by atoms with Crippen LogP contribution < -0.4 is 10.7 Å². The number of carbonyl (C=O) groups is 2. The lowest BCUT2D eigenvalue weighted by Gasteiger charge is -2.09. The van der Waals surface area contributed by atoms with E-state index in [1.165, 1.54) is 50.2 Å². The lowest BCUT2D eigenvalue weighted by Crippen LogP contribution is -2.29. The zero-order valence-corrected chi connectivity index (χ0v) is 15.2. The number of amides is 2. The van der Waals surface area contributed by atoms with Crippen molar-refractivity contribution >= 4 is 28.9 Å². The third-order valence-corrected chi connectivity index (χ3v) is 3.79. The predicted octanol–water partition coefficient (Wildman–Crippen LogP) is 3.56. The second-order valence-electron chi connectivity index (χ2n) is 5.93. The quantitative estimate of drug-likeness (QED) is 0.447. The molecule has 2 amide bonds. The van der Waals surface area contributed by atoms with Gasteiger partial charge in [0, 0.05) is 22.9 Å². The van der Waals surface area contributed by atoms with Crippen molar-refractivity contribution < 1.29 is 27.7 Å². The highest BCUT2D eigenvalue weighted by Gasteiger charge is 2.38. The highest BCUT2D eigenvalue weighted by Crippen LogP contribution is 2.20. The van der Waals surface area contributed by atoms with E-state index >= 15 is 0 Å². The van der Waals surface area contributed by atoms with E-state index in [9.17, 15) is 32.9 Å². The molecular weight excluding hydrogens is 393 g/mol. The van der Waals surface area contributed by atoms with Crippen molar-refractivity contribution in [1.29, 1.82) is 0 Å². The van der Waals surface area contributed by atoms with Gasteiger partial charge in [0.15, 0.2) is 0 Å². The number of alkyl halides is 3. The number of anilines is 1. The minimum absolute atomic E-state index is 0.0186. The van der Waals surface area contributed by atoms with Crippen LogP contribution in [0.1, 0.15) is 28.4 Å². The Morgan fingerprint density at radius 1 is 1.10 bits per heavy atom. The molecule has 0 unspecified atom stereocenters. The van der Waals surface area contributed by atoms with Gasteiger partial charge in [-0.15, -0.1) is 0 Å². The molecule has 0 saturated carbocycles. The van der Waals surface area contributed by atoms with Crippen molar-refractivity contribution in [3.8, 4) is 0 Å². The van der Waals surface area contributed by atoms with Gasteiger partial charge in [-0.05, 0) is 37.6 Å². The normalized spacial score (nSPS) is 11.7. The minimum Gasteiger partial charge on any atom is -0.318 e. The highest BCUT2D eigenvalue weighted by molar-refractivity contribution is 6.02. The molecule has 0 aromatic heterocycles. The number of benzene rings is 2. The molecule has 2 N–H and O–H groups in total. The van der Waals surface area contributed by atoms with Crippen LogP contribution in [0, 0.1) is 17.0 Å². The van der Waals surface area contributed by atoms with Crippen molar-refractivity contribution in [3.63, 3.8) is 0 Å². The molecule has 0 saturated heterocycles. The average molecular weight is 408 g/mol. The van der Waals surface area contributed by atoms with Gasteiger partial charge in [0.05, 0.1) is 10.6 Å². The number of nitro benzene ring substituents is 1. The number of hydrazone groups is 1. The zero-order chi connectivity index (χ0) is 21.8. The molecule has 0 heterocycles. The first-order valence-electron chi connectivity index (χ1n) is 8.07. The number of aryl methyl sites for hydroxylation is 1. The lowest BCUT2D eigenvalue weighted by atomic mass is 10.1. The third-order valence-electron chi connectivity index (χ3n) is 3.79. The summed E-state index contributed by atoms with van der Waals surface area (Å²) in [5.41, 5.74) is 2.91. The van der Waals surface area contributed by atoms with E-state index in [0.717, 1.165) is 6.07 Å². The maximum Gasteiger partial charge on any atom is 0.471 e. The van der Waals surface area contributed by atoms with Crippen LogP contribution in [0.4, 0.5) is 24.5 Å². The molecule has 152 valence electrons. The summed E-state index contributed by atoms with van der Waals surface area (Å²) in [6.07, 6.45) is -5.02. The molecule has 0 bridgehead atoms. The van der Waals surface area contributed by atoms with Crippen LogP contribution in [0.3, 0.4) is 0 Å². The predicted molar refractivity (Wildman–Crippen MR) is 98.6 cm³/mol. The number of nitrogens with zero attached hydrogens (tertiary/aromatic N) is 2. The number of hydrogen-bond donors (Lipinski definition) is 2. The molecule has 0 aliphatic carbocycles. The molecule has 0 aliphatic heterocycles. The molecule has 11 heteroatoms. The fraction of sp³-hybridized carbons (Fsp3) is 0.167. The summed E-state index contributed by atoms with van der Waals surface area (Å²) in [5, 5.41) is 16.5. The van der Waals surface area contributed by atoms with Gasteiger partial charge in [-0.3, -0.25) is 19.7 Å². The lowest BCUT2D eigenvalue weighted by molar-refractivity contribution is -0.385. The van der Waals surface area contributed by atoms with Crippen LogP contribution in [0.25, 0.3) is 0 Å². The smallest absolute Gasteiger partial charge is 0.318 e. The summed E-state index contributed by atoms with van der Waals surface area (Å²) in [4.78, 5) is 33.5. The Kier molecular flexibility index (Phi) is 6.32. The van der Waals surface area contributed by atoms with Gasteiger partial charge in [-0.2, -0.15) is 18.3 Å². The van der Waals surface area contributed by atoms with E-state index in [1.54, 1.807) is 5.32 Å². The maximum absolute atomic E-state index is 12.3. The first-order valence-corrected chi connectivity index (χ1v) is 8.07. The van der Waals surface area contributed by atoms with Crippen molar-refractivity contribution in [2.75, 3.05) is 5.32 Å². The second-order valence-corrected chi connectivity index (χ2v) is 5.93. The summed E-state index contributed by atoms with van der Waals surface area (Å²) in [7, 11) is 0. The Bertz CT molecular complexity index is 1000. The molecule has 0 fully saturated rings. The van der Waals surface area contributed by atoms with Crippen LogP contribution >= 0.6 is 0 Å². The number of hydrogen-bond acceptors (Lipinski definition) is 5. The Balaban J connectivity index is 2.15. The number of carbonyl (C=O) groups excluding carboxylic acids is 2. The Morgan fingerprint density at radius 3 is 2.41 bits per heavy atom. The molecule has 0 radical (unpaired) electrons. The molecule has 2 aromatic rings. The molecule has 2 rings (SSSR count). The van der Waals surface area contributed by atoms with E-state index in [1.807, 2.05) is 0 Å². The second kappa shape index (κ2) is 8.50. The minimum atomic E-state index is -5.02. The van der Waals surface area contributed by atoms with Gasteiger partial charge in [0.1, 0.15) is 0 Å². The summed E-state index contributed by atoms with van der Waals surface area (Å²) >= 11 is 0. The van der Waals surface area contributed by atoms with Gasteiger partial charge in [0.25, 0.3) is 11.6 Å². The van der Waals surface area contributed by atoms with Crippen LogP contribution in [-0.4, -0.2) is 28.6 Å². The summed E-state index contributed by atoms with van der Waals surface area (Å²) in [5.74, 6) is -2.81. The molecule has 8 nitrogen and oxygen atoms in total. The SMILES string of the molecule is CC(=NNC(=O)c1ccc(C)c([N+](=O)[O-])c1)c1cccc(NC(=O)C(F)(F)F)c1. The Hall–Kier alpha value is -3.76. The molecule has 2 aromatic carbocycles. The van der Waals surface area contributed by atoms with Crippen molar-refractivity contribution in [3.05, 3.63) is 69.3 Å². The topological polar surface area (TPSA) is 114 Å². The standard InChI is InChI=1S/C18H15F3N4O4/c1-10-6-7-13(9-15(10)25(28)29)16(26)24-23-11(2)12-4-3-5-14(8-12)22-17(27)18(19,20)21/h3-9H,1-2H3,(H,22,27)(H,24,26). The van der Waals surface area contributed by atoms with E-state index in [-0.39, 0.29) is 22.6 Å². The first-order chi connectivity index (χ1) is 13.5. The summed E-state index contributed by atoms with van der Waals surface area (Å²) in [6.45, 7) is 3.02. The third kappa shape index (κ3) is 5.61. The molecule has 0 aliphatic rings. The van der Waals surface area contributed by atoms with Crippen molar-refractivity contribution in [2.45, 2.75) is 20.0 Å². The Morgan fingerprint density at radius 2 is 1.79 bits per heavy atom. The number of nitro groups is 1. The van der Waals surface area contributed by atoms with Crippen molar-refractivity contribution in [1.82, 2.24) is 5.43 Å². The van der Waals surface area contributed by atoms with Gasteiger partial charge >= 0.3 is 12.1 Å². The molecule has 29 heavy (non-hydrogen) atoms. The van der Waals surface area contributed by atoms with E-state index < -0.39 is 22.9 Å². The average Bonchev–Trinajstić information content (AvgIpc) is 2.65. The van der Waals surface area contributed by atoms with Crippen LogP contribution in [0.5, 0.6) is 0 Å². The number of halogens is 3. The van der Waals surface area contributed by atoms with E-state index in [2.05, 4.69) is 10.5 Å².